The van der Waals surface area contributed by atoms with E-state index in [2.05, 4.69) is 0 Å². The summed E-state index contributed by atoms with van der Waals surface area (Å²) in [6, 6.07) is -1.33. The van der Waals surface area contributed by atoms with Crippen LogP contribution in [0, 0.1) is 35.0 Å². The van der Waals surface area contributed by atoms with E-state index in [0.717, 1.165) is 0 Å². The van der Waals surface area contributed by atoms with Crippen molar-refractivity contribution >= 4 is 5.78 Å². The van der Waals surface area contributed by atoms with E-state index in [4.69, 9.17) is 5.73 Å². The first-order chi connectivity index (χ1) is 9.68. The average molecular weight is 313 g/mol. The van der Waals surface area contributed by atoms with Gasteiger partial charge in [0.15, 0.2) is 29.1 Å². The van der Waals surface area contributed by atoms with Crippen LogP contribution in [0.2, 0.25) is 0 Å². The normalized spacial score (nSPS) is 12.0. The summed E-state index contributed by atoms with van der Waals surface area (Å²) in [4.78, 5) is 11.5. The van der Waals surface area contributed by atoms with Gasteiger partial charge in [-0.15, -0.1) is 0 Å². The fraction of sp³-hybridized carbons (Fsp3) is 0.500. The number of carbonyl (C=O) groups is 1. The molecule has 0 saturated heterocycles. The summed E-state index contributed by atoms with van der Waals surface area (Å²) in [5.41, 5.74) is 4.33. The molecule has 0 spiro atoms. The third-order valence-electron chi connectivity index (χ3n) is 2.66. The van der Waals surface area contributed by atoms with Crippen molar-refractivity contribution in [2.24, 2.45) is 11.7 Å². The Kier molecular flexibility index (Phi) is 7.49. The second-order valence-electron chi connectivity index (χ2n) is 4.42. The van der Waals surface area contributed by atoms with Crippen molar-refractivity contribution in [3.63, 3.8) is 0 Å². The number of halogens is 5. The molecule has 0 fully saturated rings. The van der Waals surface area contributed by atoms with Crippen molar-refractivity contribution in [2.75, 3.05) is 0 Å². The fourth-order valence-electron chi connectivity index (χ4n) is 1.58. The molecule has 0 unspecified atom stereocenters. The van der Waals surface area contributed by atoms with Crippen LogP contribution in [0.15, 0.2) is 0 Å². The highest BCUT2D eigenvalue weighted by atomic mass is 19.2. The summed E-state index contributed by atoms with van der Waals surface area (Å²) >= 11 is 0. The average Bonchev–Trinajstić information content (AvgIpc) is 2.48. The first-order valence-electron chi connectivity index (χ1n) is 6.48. The largest absolute Gasteiger partial charge is 0.321 e. The summed E-state index contributed by atoms with van der Waals surface area (Å²) in [6.07, 6.45) is -0.747. The molecular weight excluding hydrogens is 293 g/mol. The van der Waals surface area contributed by atoms with Crippen molar-refractivity contribution in [3.8, 4) is 0 Å². The minimum atomic E-state index is -2.23. The predicted molar refractivity (Wildman–Crippen MR) is 71.2 cm³/mol. The van der Waals surface area contributed by atoms with Crippen LogP contribution in [0.5, 0.6) is 0 Å². The van der Waals surface area contributed by atoms with E-state index >= 15 is 0 Å². The summed E-state index contributed by atoms with van der Waals surface area (Å²) in [6.45, 7) is 7.03. The number of hydrogen-bond donors (Lipinski definition) is 1. The third kappa shape index (κ3) is 4.23. The molecule has 0 bridgehead atoms. The Labute approximate surface area is 121 Å². The molecule has 0 amide bonds. The van der Waals surface area contributed by atoms with Crippen LogP contribution in [0.4, 0.5) is 22.0 Å². The quantitative estimate of drug-likeness (QED) is 0.522. The molecule has 21 heavy (non-hydrogen) atoms. The molecule has 0 aliphatic carbocycles. The monoisotopic (exact) mass is 313 g/mol. The van der Waals surface area contributed by atoms with E-state index in [1.54, 1.807) is 0 Å². The Balaban J connectivity index is 0. The second-order valence-corrected chi connectivity index (χ2v) is 4.42. The summed E-state index contributed by atoms with van der Waals surface area (Å²) in [7, 11) is 0. The first kappa shape index (κ1) is 19.5. The van der Waals surface area contributed by atoms with Crippen LogP contribution < -0.4 is 5.73 Å². The van der Waals surface area contributed by atoms with Crippen LogP contribution in [-0.4, -0.2) is 11.8 Å². The molecule has 2 N–H and O–H groups in total. The van der Waals surface area contributed by atoms with E-state index in [1.807, 2.05) is 13.8 Å². The zero-order valence-electron chi connectivity index (χ0n) is 12.2. The standard InChI is InChI=1S/C12H12F5NO.C2H6.H2/c1-4(2)12(19)6(18)3-5-7(13)9(15)11(17)10(16)8(5)14;1-2;/h4,6H,3,18H2,1-2H3;1-2H3;1H/t6-;;/m0../s1. The number of benzene rings is 1. The van der Waals surface area contributed by atoms with E-state index in [1.165, 1.54) is 13.8 Å². The number of rotatable bonds is 4. The molecule has 122 valence electrons. The fourth-order valence-corrected chi connectivity index (χ4v) is 1.58. The highest BCUT2D eigenvalue weighted by Gasteiger charge is 2.28. The van der Waals surface area contributed by atoms with Crippen molar-refractivity contribution in [1.29, 1.82) is 0 Å². The van der Waals surface area contributed by atoms with Gasteiger partial charge >= 0.3 is 0 Å². The highest BCUT2D eigenvalue weighted by molar-refractivity contribution is 5.85. The third-order valence-corrected chi connectivity index (χ3v) is 2.66. The van der Waals surface area contributed by atoms with Crippen LogP contribution in [0.1, 0.15) is 34.7 Å². The molecule has 0 radical (unpaired) electrons. The van der Waals surface area contributed by atoms with Gasteiger partial charge in [-0.25, -0.2) is 22.0 Å². The second kappa shape index (κ2) is 8.07. The molecule has 0 aliphatic rings. The number of carbonyl (C=O) groups excluding carboxylic acids is 1. The Morgan fingerprint density at radius 3 is 1.62 bits per heavy atom. The van der Waals surface area contributed by atoms with Crippen molar-refractivity contribution in [3.05, 3.63) is 34.6 Å². The molecule has 0 aromatic heterocycles. The lowest BCUT2D eigenvalue weighted by molar-refractivity contribution is -0.123. The summed E-state index contributed by atoms with van der Waals surface area (Å²) < 4.78 is 65.3. The number of nitrogens with two attached hydrogens (primary N) is 1. The molecule has 2 nitrogen and oxygen atoms in total. The first-order valence-corrected chi connectivity index (χ1v) is 6.48. The molecule has 0 heterocycles. The van der Waals surface area contributed by atoms with Crippen molar-refractivity contribution in [1.82, 2.24) is 0 Å². The van der Waals surface area contributed by atoms with Gasteiger partial charge in [-0.2, -0.15) is 0 Å². The van der Waals surface area contributed by atoms with Gasteiger partial charge < -0.3 is 5.73 Å². The minimum absolute atomic E-state index is 0. The topological polar surface area (TPSA) is 43.1 Å². The van der Waals surface area contributed by atoms with Crippen LogP contribution in [0.3, 0.4) is 0 Å². The van der Waals surface area contributed by atoms with E-state index < -0.39 is 58.8 Å². The maximum Gasteiger partial charge on any atom is 0.200 e. The molecule has 1 atom stereocenters. The van der Waals surface area contributed by atoms with E-state index in [-0.39, 0.29) is 1.43 Å². The lowest BCUT2D eigenvalue weighted by Crippen LogP contribution is -2.36. The molecule has 7 heteroatoms. The SMILES string of the molecule is CC.CC(C)C(=O)[C@@H](N)Cc1c(F)c(F)c(F)c(F)c1F.[HH]. The number of hydrogen-bond acceptors (Lipinski definition) is 2. The molecule has 1 aromatic carbocycles. The maximum absolute atomic E-state index is 13.3. The summed E-state index contributed by atoms with van der Waals surface area (Å²) in [5.74, 6) is -11.3. The molecule has 1 rings (SSSR count). The number of ketones is 1. The Bertz CT molecular complexity index is 493. The lowest BCUT2D eigenvalue weighted by Gasteiger charge is -2.14. The molecular formula is C14H20F5NO. The summed E-state index contributed by atoms with van der Waals surface area (Å²) in [5, 5.41) is 0. The zero-order valence-corrected chi connectivity index (χ0v) is 12.2. The van der Waals surface area contributed by atoms with Crippen molar-refractivity contribution in [2.45, 2.75) is 40.2 Å². The highest BCUT2D eigenvalue weighted by Crippen LogP contribution is 2.24. The lowest BCUT2D eigenvalue weighted by atomic mass is 9.96. The maximum atomic E-state index is 13.3. The molecule has 0 saturated carbocycles. The van der Waals surface area contributed by atoms with Gasteiger partial charge in [0.25, 0.3) is 0 Å². The Hall–Kier alpha value is -1.50. The van der Waals surface area contributed by atoms with E-state index in [0.29, 0.717) is 0 Å². The van der Waals surface area contributed by atoms with Crippen LogP contribution >= 0.6 is 0 Å². The Morgan fingerprint density at radius 2 is 1.29 bits per heavy atom. The van der Waals surface area contributed by atoms with Gasteiger partial charge in [-0.3, -0.25) is 4.79 Å². The Morgan fingerprint density at radius 1 is 0.952 bits per heavy atom. The van der Waals surface area contributed by atoms with Gasteiger partial charge in [-0.1, -0.05) is 27.7 Å². The van der Waals surface area contributed by atoms with E-state index in [9.17, 15) is 26.7 Å². The van der Waals surface area contributed by atoms with Gasteiger partial charge in [0.1, 0.15) is 0 Å². The van der Waals surface area contributed by atoms with Crippen LogP contribution in [-0.2, 0) is 11.2 Å². The zero-order chi connectivity index (χ0) is 16.9. The van der Waals surface area contributed by atoms with Gasteiger partial charge in [0.2, 0.25) is 5.82 Å². The predicted octanol–water partition coefficient (Wildman–Crippen LogP) is 3.75. The molecule has 0 aliphatic heterocycles. The smallest absolute Gasteiger partial charge is 0.200 e. The van der Waals surface area contributed by atoms with Gasteiger partial charge in [0, 0.05) is 19.3 Å². The van der Waals surface area contributed by atoms with Gasteiger partial charge in [0.05, 0.1) is 6.04 Å². The number of Topliss-reactive ketones (excluding diaryl/α,β-unsaturated/α-hetero) is 1. The van der Waals surface area contributed by atoms with Crippen molar-refractivity contribution < 1.29 is 28.2 Å². The molecule has 1 aromatic rings. The van der Waals surface area contributed by atoms with Crippen LogP contribution in [0.25, 0.3) is 0 Å². The minimum Gasteiger partial charge on any atom is -0.321 e. The van der Waals surface area contributed by atoms with Gasteiger partial charge in [-0.05, 0) is 0 Å².